The molecule has 0 saturated carbocycles. The van der Waals surface area contributed by atoms with E-state index in [4.69, 9.17) is 10.5 Å². The zero-order chi connectivity index (χ0) is 14.7. The van der Waals surface area contributed by atoms with Crippen LogP contribution in [0.4, 0.5) is 11.4 Å². The van der Waals surface area contributed by atoms with E-state index in [2.05, 4.69) is 5.32 Å². The molecule has 1 aromatic carbocycles. The number of nitro groups is 1. The Kier molecular flexibility index (Phi) is 4.19. The lowest BCUT2D eigenvalue weighted by molar-refractivity contribution is -0.384. The van der Waals surface area contributed by atoms with Crippen molar-refractivity contribution in [2.75, 3.05) is 11.9 Å². The molecule has 108 valence electrons. The van der Waals surface area contributed by atoms with Crippen LogP contribution < -0.4 is 11.1 Å². The number of nitro benzene ring substituents is 1. The third-order valence-electron chi connectivity index (χ3n) is 3.32. The molecule has 0 bridgehead atoms. The Hall–Kier alpha value is -2.15. The number of anilines is 1. The highest BCUT2D eigenvalue weighted by molar-refractivity contribution is 5.94. The van der Waals surface area contributed by atoms with Crippen molar-refractivity contribution in [3.63, 3.8) is 0 Å². The van der Waals surface area contributed by atoms with Crippen molar-refractivity contribution in [1.82, 2.24) is 0 Å². The van der Waals surface area contributed by atoms with E-state index < -0.39 is 10.8 Å². The lowest BCUT2D eigenvalue weighted by atomic mass is 10.0. The molecule has 1 saturated heterocycles. The fourth-order valence-electron chi connectivity index (χ4n) is 2.31. The minimum absolute atomic E-state index is 0.0610. The molecule has 0 spiro atoms. The molecule has 2 unspecified atom stereocenters. The summed E-state index contributed by atoms with van der Waals surface area (Å²) in [6, 6.07) is 4.17. The highest BCUT2D eigenvalue weighted by Crippen LogP contribution is 2.28. The number of rotatable bonds is 4. The molecule has 2 atom stereocenters. The van der Waals surface area contributed by atoms with Crippen molar-refractivity contribution >= 4 is 17.3 Å². The summed E-state index contributed by atoms with van der Waals surface area (Å²) >= 11 is 0. The van der Waals surface area contributed by atoms with Crippen molar-refractivity contribution in [2.24, 2.45) is 5.73 Å². The maximum Gasteiger partial charge on any atom is 0.292 e. The van der Waals surface area contributed by atoms with Crippen LogP contribution in [0.2, 0.25) is 0 Å². The minimum Gasteiger partial charge on any atom is -0.378 e. The number of carbonyl (C=O) groups excluding carboxylic acids is 1. The second-order valence-corrected chi connectivity index (χ2v) is 4.90. The maximum absolute atomic E-state index is 11.2. The third-order valence-corrected chi connectivity index (χ3v) is 3.32. The zero-order valence-corrected chi connectivity index (χ0v) is 11.2. The highest BCUT2D eigenvalue weighted by atomic mass is 16.6. The van der Waals surface area contributed by atoms with Crippen LogP contribution >= 0.6 is 0 Å². The highest BCUT2D eigenvalue weighted by Gasteiger charge is 2.23. The number of ether oxygens (including phenoxy) is 1. The predicted molar refractivity (Wildman–Crippen MR) is 73.7 cm³/mol. The van der Waals surface area contributed by atoms with E-state index in [0.717, 1.165) is 12.8 Å². The standard InChI is InChI=1S/C13H17N3O4/c1-8-6-10(4-5-20-8)15-11-7-9(13(14)17)2-3-12(11)16(18)19/h2-3,7-8,10,15H,4-6H2,1H3,(H2,14,17). The van der Waals surface area contributed by atoms with E-state index >= 15 is 0 Å². The number of primary amides is 1. The van der Waals surface area contributed by atoms with Gasteiger partial charge >= 0.3 is 0 Å². The van der Waals surface area contributed by atoms with Gasteiger partial charge in [0.1, 0.15) is 5.69 Å². The summed E-state index contributed by atoms with van der Waals surface area (Å²) in [5.74, 6) is -0.608. The molecule has 20 heavy (non-hydrogen) atoms. The van der Waals surface area contributed by atoms with Gasteiger partial charge in [0.05, 0.1) is 11.0 Å². The van der Waals surface area contributed by atoms with Crippen molar-refractivity contribution < 1.29 is 14.5 Å². The Morgan fingerprint density at radius 1 is 1.55 bits per heavy atom. The van der Waals surface area contributed by atoms with E-state index in [9.17, 15) is 14.9 Å². The van der Waals surface area contributed by atoms with Crippen molar-refractivity contribution in [3.8, 4) is 0 Å². The van der Waals surface area contributed by atoms with Gasteiger partial charge in [0.2, 0.25) is 5.91 Å². The first-order valence-electron chi connectivity index (χ1n) is 6.43. The molecule has 1 aliphatic heterocycles. The van der Waals surface area contributed by atoms with Gasteiger partial charge in [0, 0.05) is 24.3 Å². The molecule has 1 aromatic rings. The van der Waals surface area contributed by atoms with E-state index in [1.165, 1.54) is 18.2 Å². The number of hydrogen-bond acceptors (Lipinski definition) is 5. The van der Waals surface area contributed by atoms with Crippen LogP contribution in [-0.2, 0) is 4.74 Å². The van der Waals surface area contributed by atoms with Crippen molar-refractivity contribution in [3.05, 3.63) is 33.9 Å². The summed E-state index contributed by atoms with van der Waals surface area (Å²) in [4.78, 5) is 21.7. The Bertz CT molecular complexity index is 532. The molecular weight excluding hydrogens is 262 g/mol. The summed E-state index contributed by atoms with van der Waals surface area (Å²) in [7, 11) is 0. The molecule has 0 radical (unpaired) electrons. The lowest BCUT2D eigenvalue weighted by Crippen LogP contribution is -2.32. The van der Waals surface area contributed by atoms with Crippen molar-refractivity contribution in [2.45, 2.75) is 31.9 Å². The number of nitrogens with two attached hydrogens (primary N) is 1. The van der Waals surface area contributed by atoms with Gasteiger partial charge in [-0.05, 0) is 31.9 Å². The monoisotopic (exact) mass is 279 g/mol. The van der Waals surface area contributed by atoms with Crippen molar-refractivity contribution in [1.29, 1.82) is 0 Å². The van der Waals surface area contributed by atoms with Crippen LogP contribution in [0.15, 0.2) is 18.2 Å². The number of nitrogens with zero attached hydrogens (tertiary/aromatic N) is 1. The third kappa shape index (κ3) is 3.24. The van der Waals surface area contributed by atoms with Gasteiger partial charge in [-0.2, -0.15) is 0 Å². The van der Waals surface area contributed by atoms with Crippen LogP contribution in [-0.4, -0.2) is 29.6 Å². The molecule has 1 fully saturated rings. The second-order valence-electron chi connectivity index (χ2n) is 4.90. The first-order valence-corrected chi connectivity index (χ1v) is 6.43. The van der Waals surface area contributed by atoms with E-state index in [0.29, 0.717) is 12.3 Å². The molecule has 1 amide bonds. The SMILES string of the molecule is CC1CC(Nc2cc(C(N)=O)ccc2[N+](=O)[O-])CCO1. The predicted octanol–water partition coefficient (Wildman–Crippen LogP) is 1.67. The van der Waals surface area contributed by atoms with E-state index in [-0.39, 0.29) is 23.4 Å². The molecule has 7 heteroatoms. The van der Waals surface area contributed by atoms with Gasteiger partial charge in [0.25, 0.3) is 5.69 Å². The van der Waals surface area contributed by atoms with Gasteiger partial charge in [-0.25, -0.2) is 0 Å². The first kappa shape index (κ1) is 14.3. The Morgan fingerprint density at radius 3 is 2.90 bits per heavy atom. The second kappa shape index (κ2) is 5.87. The van der Waals surface area contributed by atoms with Crippen LogP contribution in [0.3, 0.4) is 0 Å². The van der Waals surface area contributed by atoms with Crippen LogP contribution in [0.5, 0.6) is 0 Å². The quantitative estimate of drug-likeness (QED) is 0.644. The molecule has 2 rings (SSSR count). The number of hydrogen-bond donors (Lipinski definition) is 2. The van der Waals surface area contributed by atoms with Gasteiger partial charge in [-0.3, -0.25) is 14.9 Å². The normalized spacial score (nSPS) is 22.2. The Balaban J connectivity index is 2.25. The summed E-state index contributed by atoms with van der Waals surface area (Å²) in [5.41, 5.74) is 5.72. The minimum atomic E-state index is -0.608. The number of nitrogens with one attached hydrogen (secondary N) is 1. The van der Waals surface area contributed by atoms with Crippen LogP contribution in [0.25, 0.3) is 0 Å². The average molecular weight is 279 g/mol. The number of amides is 1. The van der Waals surface area contributed by atoms with Gasteiger partial charge in [0.15, 0.2) is 0 Å². The maximum atomic E-state index is 11.2. The molecule has 3 N–H and O–H groups in total. The van der Waals surface area contributed by atoms with Crippen LogP contribution in [0.1, 0.15) is 30.1 Å². The molecule has 0 aromatic heterocycles. The fourth-order valence-corrected chi connectivity index (χ4v) is 2.31. The smallest absolute Gasteiger partial charge is 0.292 e. The Labute approximate surface area is 116 Å². The zero-order valence-electron chi connectivity index (χ0n) is 11.2. The Morgan fingerprint density at radius 2 is 2.30 bits per heavy atom. The lowest BCUT2D eigenvalue weighted by Gasteiger charge is -2.28. The summed E-state index contributed by atoms with van der Waals surface area (Å²) < 4.78 is 5.44. The van der Waals surface area contributed by atoms with E-state index in [1.807, 2.05) is 6.92 Å². The fraction of sp³-hybridized carbons (Fsp3) is 0.462. The van der Waals surface area contributed by atoms with Gasteiger partial charge in [-0.1, -0.05) is 0 Å². The molecule has 0 aliphatic carbocycles. The van der Waals surface area contributed by atoms with E-state index in [1.54, 1.807) is 0 Å². The topological polar surface area (TPSA) is 107 Å². The molecule has 7 nitrogen and oxygen atoms in total. The number of carbonyl (C=O) groups is 1. The summed E-state index contributed by atoms with van der Waals surface area (Å²) in [5, 5.41) is 14.2. The number of benzene rings is 1. The van der Waals surface area contributed by atoms with Gasteiger partial charge < -0.3 is 15.8 Å². The van der Waals surface area contributed by atoms with Gasteiger partial charge in [-0.15, -0.1) is 0 Å². The average Bonchev–Trinajstić information content (AvgIpc) is 2.38. The molecule has 1 heterocycles. The first-order chi connectivity index (χ1) is 9.47. The summed E-state index contributed by atoms with van der Waals surface area (Å²) in [6.45, 7) is 2.57. The van der Waals surface area contributed by atoms with Crippen LogP contribution in [0, 0.1) is 10.1 Å². The molecular formula is C13H17N3O4. The largest absolute Gasteiger partial charge is 0.378 e. The molecule has 1 aliphatic rings. The summed E-state index contributed by atoms with van der Waals surface area (Å²) in [6.07, 6.45) is 1.64.